The van der Waals surface area contributed by atoms with E-state index < -0.39 is 6.03 Å². The van der Waals surface area contributed by atoms with Crippen LogP contribution in [0.4, 0.5) is 22.1 Å². The standard InChI is InChI=1S/C27H34N8O5S/c1-33-8-9-34(23(36)16-33)15-19-11-18-5-4-7-35(25(18)32-26(19)40-3)27(38)31-22-12-21(20(13-28)14-30-22)29-6-10-41-17-24(37)39-2/h11-12,14H,4-10,15-17H2,1-3H3,(H2,29,30,31,38). The number of rotatable bonds is 10. The van der Waals surface area contributed by atoms with Gasteiger partial charge in [0.15, 0.2) is 0 Å². The Bertz CT molecular complexity index is 1330. The van der Waals surface area contributed by atoms with Crippen molar-refractivity contribution in [1.82, 2.24) is 19.8 Å². The molecule has 2 aromatic rings. The highest BCUT2D eigenvalue weighted by molar-refractivity contribution is 7.99. The molecule has 0 unspecified atom stereocenters. The van der Waals surface area contributed by atoms with Crippen LogP contribution >= 0.6 is 11.8 Å². The summed E-state index contributed by atoms with van der Waals surface area (Å²) in [4.78, 5) is 51.4. The lowest BCUT2D eigenvalue weighted by molar-refractivity contribution is -0.137. The number of ether oxygens (including phenoxy) is 2. The molecular weight excluding hydrogens is 548 g/mol. The Morgan fingerprint density at radius 3 is 2.78 bits per heavy atom. The molecule has 0 saturated carbocycles. The van der Waals surface area contributed by atoms with E-state index >= 15 is 0 Å². The van der Waals surface area contributed by atoms with Crippen molar-refractivity contribution < 1.29 is 23.9 Å². The number of aromatic nitrogens is 2. The van der Waals surface area contributed by atoms with Crippen LogP contribution in [0.15, 0.2) is 18.3 Å². The summed E-state index contributed by atoms with van der Waals surface area (Å²) in [6, 6.07) is 5.28. The number of carbonyl (C=O) groups is 3. The number of methoxy groups -OCH3 is 2. The monoisotopic (exact) mass is 582 g/mol. The lowest BCUT2D eigenvalue weighted by atomic mass is 10.0. The second kappa shape index (κ2) is 14.0. The number of nitrogens with zero attached hydrogens (tertiary/aromatic N) is 6. The third kappa shape index (κ3) is 7.56. The molecule has 218 valence electrons. The van der Waals surface area contributed by atoms with Gasteiger partial charge in [0.1, 0.15) is 17.7 Å². The van der Waals surface area contributed by atoms with Crippen molar-refractivity contribution in [2.24, 2.45) is 0 Å². The highest BCUT2D eigenvalue weighted by Gasteiger charge is 2.28. The van der Waals surface area contributed by atoms with Gasteiger partial charge in [-0.25, -0.2) is 9.78 Å². The first-order valence-electron chi connectivity index (χ1n) is 13.2. The van der Waals surface area contributed by atoms with Crippen molar-refractivity contribution in [3.05, 3.63) is 35.0 Å². The van der Waals surface area contributed by atoms with Crippen LogP contribution < -0.4 is 20.3 Å². The van der Waals surface area contributed by atoms with E-state index in [2.05, 4.69) is 31.4 Å². The molecule has 0 aromatic carbocycles. The molecule has 4 heterocycles. The second-order valence-electron chi connectivity index (χ2n) is 9.66. The first-order valence-corrected chi connectivity index (χ1v) is 14.4. The molecule has 4 rings (SSSR count). The van der Waals surface area contributed by atoms with Crippen molar-refractivity contribution in [1.29, 1.82) is 5.26 Å². The second-order valence-corrected chi connectivity index (χ2v) is 10.8. The predicted molar refractivity (Wildman–Crippen MR) is 155 cm³/mol. The fraction of sp³-hybridized carbons (Fsp3) is 0.481. The van der Waals surface area contributed by atoms with Crippen molar-refractivity contribution in [2.45, 2.75) is 19.4 Å². The Kier molecular flexibility index (Phi) is 10.2. The van der Waals surface area contributed by atoms with Gasteiger partial charge in [-0.1, -0.05) is 0 Å². The summed E-state index contributed by atoms with van der Waals surface area (Å²) in [7, 11) is 4.80. The Morgan fingerprint density at radius 2 is 2.05 bits per heavy atom. The van der Waals surface area contributed by atoms with Gasteiger partial charge >= 0.3 is 12.0 Å². The molecule has 2 aromatic heterocycles. The number of fused-ring (bicyclic) bond motifs is 1. The number of likely N-dealkylation sites (N-methyl/N-ethyl adjacent to an activating group) is 1. The Labute approximate surface area is 243 Å². The normalized spacial score (nSPS) is 15.1. The number of thioether (sulfide) groups is 1. The number of nitriles is 1. The molecule has 0 aliphatic carbocycles. The van der Waals surface area contributed by atoms with Crippen molar-refractivity contribution in [3.8, 4) is 11.9 Å². The number of amides is 3. The van der Waals surface area contributed by atoms with Crippen LogP contribution in [0.1, 0.15) is 23.1 Å². The third-order valence-electron chi connectivity index (χ3n) is 6.78. The Hall–Kier alpha value is -4.09. The predicted octanol–water partition coefficient (Wildman–Crippen LogP) is 1.93. The maximum Gasteiger partial charge on any atom is 0.328 e. The largest absolute Gasteiger partial charge is 0.481 e. The van der Waals surface area contributed by atoms with Gasteiger partial charge in [-0.15, -0.1) is 11.8 Å². The summed E-state index contributed by atoms with van der Waals surface area (Å²) in [5.74, 6) is 1.79. The highest BCUT2D eigenvalue weighted by Crippen LogP contribution is 2.32. The zero-order valence-corrected chi connectivity index (χ0v) is 24.3. The lowest BCUT2D eigenvalue weighted by Gasteiger charge is -2.33. The van der Waals surface area contributed by atoms with E-state index in [1.165, 1.54) is 32.2 Å². The Morgan fingerprint density at radius 1 is 1.22 bits per heavy atom. The number of carbonyl (C=O) groups excluding carboxylic acids is 3. The lowest BCUT2D eigenvalue weighted by Crippen LogP contribution is -2.48. The van der Waals surface area contributed by atoms with E-state index in [1.807, 2.05) is 18.0 Å². The summed E-state index contributed by atoms with van der Waals surface area (Å²) in [6.45, 7) is 3.17. The van der Waals surface area contributed by atoms with Gasteiger partial charge < -0.3 is 19.7 Å². The number of anilines is 3. The number of piperazine rings is 1. The maximum atomic E-state index is 13.4. The minimum atomic E-state index is -0.403. The molecule has 13 nitrogen and oxygen atoms in total. The highest BCUT2D eigenvalue weighted by atomic mass is 32.2. The quantitative estimate of drug-likeness (QED) is 0.312. The van der Waals surface area contributed by atoms with Crippen LogP contribution in [0.5, 0.6) is 5.88 Å². The molecule has 1 fully saturated rings. The van der Waals surface area contributed by atoms with E-state index in [9.17, 15) is 19.6 Å². The molecule has 0 atom stereocenters. The van der Waals surface area contributed by atoms with E-state index in [4.69, 9.17) is 4.74 Å². The van der Waals surface area contributed by atoms with E-state index in [0.717, 1.165) is 30.5 Å². The molecule has 2 aliphatic heterocycles. The Balaban J connectivity index is 1.45. The smallest absolute Gasteiger partial charge is 0.328 e. The average Bonchev–Trinajstić information content (AvgIpc) is 2.97. The summed E-state index contributed by atoms with van der Waals surface area (Å²) in [5.41, 5.74) is 2.57. The summed E-state index contributed by atoms with van der Waals surface area (Å²) < 4.78 is 10.2. The number of pyridine rings is 2. The van der Waals surface area contributed by atoms with Crippen LogP contribution in [0.3, 0.4) is 0 Å². The fourth-order valence-corrected chi connectivity index (χ4v) is 5.30. The van der Waals surface area contributed by atoms with Crippen LogP contribution in [0, 0.1) is 11.3 Å². The minimum absolute atomic E-state index is 0.0586. The summed E-state index contributed by atoms with van der Waals surface area (Å²) in [5, 5.41) is 15.5. The molecule has 3 amide bonds. The van der Waals surface area contributed by atoms with Gasteiger partial charge in [-0.2, -0.15) is 10.2 Å². The first-order chi connectivity index (χ1) is 19.8. The van der Waals surface area contributed by atoms with Gasteiger partial charge in [0.05, 0.1) is 44.3 Å². The maximum absolute atomic E-state index is 13.4. The molecule has 2 N–H and O–H groups in total. The molecule has 41 heavy (non-hydrogen) atoms. The molecule has 2 aliphatic rings. The number of hydrogen-bond acceptors (Lipinski definition) is 11. The van der Waals surface area contributed by atoms with Crippen LogP contribution in [0.2, 0.25) is 0 Å². The van der Waals surface area contributed by atoms with E-state index in [-0.39, 0.29) is 23.4 Å². The molecular formula is C27H34N8O5S. The van der Waals surface area contributed by atoms with Crippen molar-refractivity contribution >= 4 is 47.0 Å². The van der Waals surface area contributed by atoms with Crippen molar-refractivity contribution in [3.63, 3.8) is 0 Å². The third-order valence-corrected chi connectivity index (χ3v) is 7.71. The van der Waals surface area contributed by atoms with Gasteiger partial charge in [-0.05, 0) is 31.5 Å². The summed E-state index contributed by atoms with van der Waals surface area (Å²) in [6.07, 6.45) is 2.89. The number of hydrogen-bond donors (Lipinski definition) is 2. The topological polar surface area (TPSA) is 153 Å². The van der Waals surface area contributed by atoms with Gasteiger partial charge in [0.2, 0.25) is 11.8 Å². The number of aryl methyl sites for hydroxylation is 1. The zero-order chi connectivity index (χ0) is 29.4. The number of nitrogens with one attached hydrogen (secondary N) is 2. The molecule has 0 radical (unpaired) electrons. The number of esters is 1. The van der Waals surface area contributed by atoms with E-state index in [0.29, 0.717) is 61.4 Å². The first kappa shape index (κ1) is 29.9. The van der Waals surface area contributed by atoms with Crippen molar-refractivity contribution in [2.75, 3.05) is 81.0 Å². The van der Waals surface area contributed by atoms with Gasteiger partial charge in [-0.3, -0.25) is 24.7 Å². The SMILES string of the molecule is COC(=O)CSCCNc1cc(NC(=O)N2CCCc3cc(CN4CCN(C)CC4=O)c(OC)nc32)ncc1C#N. The fourth-order valence-electron chi connectivity index (χ4n) is 4.62. The van der Waals surface area contributed by atoms with Crippen LogP contribution in [0.25, 0.3) is 0 Å². The zero-order valence-electron chi connectivity index (χ0n) is 23.4. The molecule has 14 heteroatoms. The molecule has 1 saturated heterocycles. The molecule has 0 bridgehead atoms. The van der Waals surface area contributed by atoms with Crippen LogP contribution in [-0.4, -0.2) is 103 Å². The molecule has 0 spiro atoms. The summed E-state index contributed by atoms with van der Waals surface area (Å²) >= 11 is 1.41. The average molecular weight is 583 g/mol. The van der Waals surface area contributed by atoms with E-state index in [1.54, 1.807) is 15.9 Å². The van der Waals surface area contributed by atoms with Gasteiger partial charge in [0, 0.05) is 49.8 Å². The van der Waals surface area contributed by atoms with Gasteiger partial charge in [0.25, 0.3) is 0 Å². The minimum Gasteiger partial charge on any atom is -0.481 e. The van der Waals surface area contributed by atoms with Crippen LogP contribution in [-0.2, 0) is 27.3 Å². The number of urea groups is 1.